The Labute approximate surface area is 154 Å². The van der Waals surface area contributed by atoms with Gasteiger partial charge in [0.25, 0.3) is 5.91 Å². The van der Waals surface area contributed by atoms with Crippen molar-refractivity contribution in [2.75, 3.05) is 0 Å². The van der Waals surface area contributed by atoms with E-state index in [1.54, 1.807) is 6.92 Å². The predicted molar refractivity (Wildman–Crippen MR) is 98.6 cm³/mol. The lowest BCUT2D eigenvalue weighted by atomic mass is 10.1. The number of halogens is 2. The Morgan fingerprint density at radius 2 is 1.85 bits per heavy atom. The van der Waals surface area contributed by atoms with E-state index in [2.05, 4.69) is 15.3 Å². The van der Waals surface area contributed by atoms with E-state index < -0.39 is 17.7 Å². The third-order valence-electron chi connectivity index (χ3n) is 4.24. The van der Waals surface area contributed by atoms with Crippen LogP contribution in [-0.4, -0.2) is 21.9 Å². The summed E-state index contributed by atoms with van der Waals surface area (Å²) in [5, 5.41) is 3.71. The number of amides is 1. The van der Waals surface area contributed by atoms with Gasteiger partial charge in [-0.15, -0.1) is 11.3 Å². The summed E-state index contributed by atoms with van der Waals surface area (Å²) in [6.07, 6.45) is 0.0755. The highest BCUT2D eigenvalue weighted by molar-refractivity contribution is 7.20. The fraction of sp³-hybridized carbons (Fsp3) is 0.316. The Balaban J connectivity index is 1.83. The fourth-order valence-corrected chi connectivity index (χ4v) is 4.24. The number of benzene rings is 1. The molecule has 0 saturated carbocycles. The first-order chi connectivity index (χ1) is 12.3. The van der Waals surface area contributed by atoms with Gasteiger partial charge in [-0.2, -0.15) is 0 Å². The van der Waals surface area contributed by atoms with E-state index >= 15 is 0 Å². The summed E-state index contributed by atoms with van der Waals surface area (Å²) in [6.45, 7) is 7.29. The molecule has 0 aliphatic carbocycles. The van der Waals surface area contributed by atoms with Crippen LogP contribution in [0.4, 0.5) is 8.78 Å². The summed E-state index contributed by atoms with van der Waals surface area (Å²) in [5.41, 5.74) is 1.64. The Morgan fingerprint density at radius 1 is 1.19 bits per heavy atom. The molecule has 2 heterocycles. The van der Waals surface area contributed by atoms with Crippen molar-refractivity contribution in [2.24, 2.45) is 0 Å². The summed E-state index contributed by atoms with van der Waals surface area (Å²) < 4.78 is 27.6. The smallest absolute Gasteiger partial charge is 0.261 e. The zero-order chi connectivity index (χ0) is 19.0. The van der Waals surface area contributed by atoms with Crippen molar-refractivity contribution in [1.29, 1.82) is 0 Å². The van der Waals surface area contributed by atoms with Crippen LogP contribution in [0.5, 0.6) is 0 Å². The molecular formula is C19H19F2N3OS. The maximum Gasteiger partial charge on any atom is 0.261 e. The number of hydrogen-bond donors (Lipinski definition) is 1. The van der Waals surface area contributed by atoms with E-state index in [-0.39, 0.29) is 17.9 Å². The van der Waals surface area contributed by atoms with Crippen molar-refractivity contribution < 1.29 is 13.6 Å². The lowest BCUT2D eigenvalue weighted by Crippen LogP contribution is -2.34. The Bertz CT molecular complexity index is 980. The normalized spacial score (nSPS) is 12.4. The predicted octanol–water partition coefficient (Wildman–Crippen LogP) is 4.26. The van der Waals surface area contributed by atoms with Gasteiger partial charge in [0.1, 0.15) is 22.3 Å². The molecule has 3 rings (SSSR count). The van der Waals surface area contributed by atoms with Crippen LogP contribution in [0.2, 0.25) is 0 Å². The minimum absolute atomic E-state index is 0.0225. The fourth-order valence-electron chi connectivity index (χ4n) is 3.06. The Hall–Kier alpha value is -2.41. The number of nitrogens with zero attached hydrogens (tertiary/aromatic N) is 2. The molecule has 26 heavy (non-hydrogen) atoms. The van der Waals surface area contributed by atoms with Gasteiger partial charge in [0.05, 0.1) is 4.88 Å². The second-order valence-electron chi connectivity index (χ2n) is 6.37. The van der Waals surface area contributed by atoms with Gasteiger partial charge in [-0.25, -0.2) is 18.7 Å². The van der Waals surface area contributed by atoms with Crippen molar-refractivity contribution in [1.82, 2.24) is 15.3 Å². The maximum atomic E-state index is 13.8. The lowest BCUT2D eigenvalue weighted by molar-refractivity contribution is 0.0943. The number of thiophene rings is 1. The van der Waals surface area contributed by atoms with E-state index in [1.165, 1.54) is 29.5 Å². The molecule has 0 aliphatic rings. The first kappa shape index (κ1) is 18.4. The summed E-state index contributed by atoms with van der Waals surface area (Å²) >= 11 is 1.30. The van der Waals surface area contributed by atoms with Gasteiger partial charge in [-0.3, -0.25) is 4.79 Å². The molecule has 0 spiro atoms. The van der Waals surface area contributed by atoms with Gasteiger partial charge in [-0.1, -0.05) is 6.07 Å². The monoisotopic (exact) mass is 375 g/mol. The highest BCUT2D eigenvalue weighted by Crippen LogP contribution is 2.31. The molecule has 1 aromatic carbocycles. The van der Waals surface area contributed by atoms with Crippen LogP contribution in [-0.2, 0) is 6.42 Å². The van der Waals surface area contributed by atoms with Crippen molar-refractivity contribution in [2.45, 2.75) is 40.2 Å². The third kappa shape index (κ3) is 3.44. The molecule has 0 saturated heterocycles. The second-order valence-corrected chi connectivity index (χ2v) is 7.37. The average molecular weight is 375 g/mol. The number of carbonyl (C=O) groups is 1. The zero-order valence-corrected chi connectivity index (χ0v) is 15.8. The molecule has 2 aromatic heterocycles. The molecule has 1 N–H and O–H groups in total. The number of aromatic nitrogens is 2. The molecule has 0 radical (unpaired) electrons. The molecule has 4 nitrogen and oxygen atoms in total. The van der Waals surface area contributed by atoms with Crippen molar-refractivity contribution in [3.05, 3.63) is 57.4 Å². The molecule has 1 amide bonds. The van der Waals surface area contributed by atoms with Gasteiger partial charge in [0, 0.05) is 22.7 Å². The minimum Gasteiger partial charge on any atom is -0.349 e. The molecule has 0 fully saturated rings. The van der Waals surface area contributed by atoms with Crippen LogP contribution < -0.4 is 5.32 Å². The van der Waals surface area contributed by atoms with Crippen LogP contribution in [0.25, 0.3) is 10.2 Å². The number of hydrogen-bond acceptors (Lipinski definition) is 4. The number of aryl methyl sites for hydroxylation is 3. The summed E-state index contributed by atoms with van der Waals surface area (Å²) in [6, 6.07) is 3.33. The first-order valence-corrected chi connectivity index (χ1v) is 9.07. The molecule has 0 bridgehead atoms. The summed E-state index contributed by atoms with van der Waals surface area (Å²) in [7, 11) is 0. The number of nitrogens with one attached hydrogen (secondary N) is 1. The standard InChI is InChI=1S/C19H19F2N3OS/c1-9(8-13-14(20)6-5-7-15(13)21)22-18(25)17-10(2)16-11(3)23-12(4)24-19(16)26-17/h5-7,9H,8H2,1-4H3,(H,22,25). The Kier molecular flexibility index (Phi) is 5.00. The van der Waals surface area contributed by atoms with Crippen LogP contribution in [0.3, 0.4) is 0 Å². The highest BCUT2D eigenvalue weighted by atomic mass is 32.1. The van der Waals surface area contributed by atoms with E-state index in [0.717, 1.165) is 21.5 Å². The van der Waals surface area contributed by atoms with E-state index in [4.69, 9.17) is 0 Å². The zero-order valence-electron chi connectivity index (χ0n) is 15.0. The Morgan fingerprint density at radius 3 is 2.50 bits per heavy atom. The average Bonchev–Trinajstić information content (AvgIpc) is 2.88. The summed E-state index contributed by atoms with van der Waals surface area (Å²) in [5.74, 6) is -0.825. The van der Waals surface area contributed by atoms with Gasteiger partial charge in [-0.05, 0) is 51.8 Å². The van der Waals surface area contributed by atoms with E-state index in [0.29, 0.717) is 10.7 Å². The number of carbonyl (C=O) groups excluding carboxylic acids is 1. The first-order valence-electron chi connectivity index (χ1n) is 8.26. The number of rotatable bonds is 4. The lowest BCUT2D eigenvalue weighted by Gasteiger charge is -2.14. The van der Waals surface area contributed by atoms with Gasteiger partial charge < -0.3 is 5.32 Å². The highest BCUT2D eigenvalue weighted by Gasteiger charge is 2.21. The van der Waals surface area contributed by atoms with Crippen LogP contribution in [0, 0.1) is 32.4 Å². The largest absolute Gasteiger partial charge is 0.349 e. The topological polar surface area (TPSA) is 54.9 Å². The molecule has 1 atom stereocenters. The van der Waals surface area contributed by atoms with Gasteiger partial charge in [0.2, 0.25) is 0 Å². The van der Waals surface area contributed by atoms with Crippen molar-refractivity contribution in [3.63, 3.8) is 0 Å². The quantitative estimate of drug-likeness (QED) is 0.741. The molecule has 1 unspecified atom stereocenters. The SMILES string of the molecule is Cc1nc(C)c2c(C)c(C(=O)NC(C)Cc3c(F)cccc3F)sc2n1. The molecule has 0 aliphatic heterocycles. The van der Waals surface area contributed by atoms with Crippen molar-refractivity contribution >= 4 is 27.5 Å². The molecule has 3 aromatic rings. The molecule has 136 valence electrons. The molecular weight excluding hydrogens is 356 g/mol. The van der Waals surface area contributed by atoms with Gasteiger partial charge >= 0.3 is 0 Å². The van der Waals surface area contributed by atoms with Crippen LogP contribution >= 0.6 is 11.3 Å². The summed E-state index contributed by atoms with van der Waals surface area (Å²) in [4.78, 5) is 22.7. The third-order valence-corrected chi connectivity index (χ3v) is 5.42. The molecule has 7 heteroatoms. The van der Waals surface area contributed by atoms with Gasteiger partial charge in [0.15, 0.2) is 0 Å². The van der Waals surface area contributed by atoms with E-state index in [1.807, 2.05) is 20.8 Å². The second kappa shape index (κ2) is 7.07. The van der Waals surface area contributed by atoms with Crippen LogP contribution in [0.1, 0.15) is 39.2 Å². The van der Waals surface area contributed by atoms with Crippen LogP contribution in [0.15, 0.2) is 18.2 Å². The minimum atomic E-state index is -0.606. The van der Waals surface area contributed by atoms with E-state index in [9.17, 15) is 13.6 Å². The van der Waals surface area contributed by atoms with Crippen molar-refractivity contribution in [3.8, 4) is 0 Å². The maximum absolute atomic E-state index is 13.8. The number of fused-ring (bicyclic) bond motifs is 1.